The minimum Gasteiger partial charge on any atom is -0.481 e. The Morgan fingerprint density at radius 2 is 2.03 bits per heavy atom. The maximum absolute atomic E-state index is 6.30. The summed E-state index contributed by atoms with van der Waals surface area (Å²) in [5.41, 5.74) is 13.5. The van der Waals surface area contributed by atoms with Gasteiger partial charge in [0.05, 0.1) is 42.5 Å². The average Bonchev–Trinajstić information content (AvgIpc) is 3.29. The number of fused-ring (bicyclic) bond motifs is 2. The van der Waals surface area contributed by atoms with Crippen LogP contribution in [0.4, 0.5) is 5.69 Å². The molecule has 0 spiro atoms. The molecule has 4 heterocycles. The van der Waals surface area contributed by atoms with Gasteiger partial charge in [-0.15, -0.1) is 0 Å². The van der Waals surface area contributed by atoms with Crippen LogP contribution in [0.2, 0.25) is 0 Å². The molecule has 182 valence electrons. The minimum atomic E-state index is -0.145. The van der Waals surface area contributed by atoms with Gasteiger partial charge < -0.3 is 25.1 Å². The number of aryl methyl sites for hydroxylation is 1. The molecule has 1 saturated heterocycles. The topological polar surface area (TPSA) is 100 Å². The van der Waals surface area contributed by atoms with E-state index in [4.69, 9.17) is 25.2 Å². The van der Waals surface area contributed by atoms with E-state index in [0.717, 1.165) is 52.0 Å². The molecule has 1 aliphatic rings. The number of hydrogen-bond acceptors (Lipinski definition) is 7. The van der Waals surface area contributed by atoms with Crippen molar-refractivity contribution in [2.45, 2.75) is 12.0 Å². The van der Waals surface area contributed by atoms with Gasteiger partial charge in [0.1, 0.15) is 0 Å². The maximum atomic E-state index is 6.30. The van der Waals surface area contributed by atoms with Crippen LogP contribution in [0.5, 0.6) is 5.88 Å². The Bertz CT molecular complexity index is 1540. The van der Waals surface area contributed by atoms with Gasteiger partial charge in [-0.25, -0.2) is 9.97 Å². The largest absolute Gasteiger partial charge is 0.481 e. The van der Waals surface area contributed by atoms with Gasteiger partial charge in [-0.1, -0.05) is 18.2 Å². The number of rotatable bonds is 5. The number of nitrogens with two attached hydrogens (primary N) is 1. The van der Waals surface area contributed by atoms with Crippen molar-refractivity contribution in [3.05, 3.63) is 78.4 Å². The van der Waals surface area contributed by atoms with Gasteiger partial charge in [-0.3, -0.25) is 4.98 Å². The van der Waals surface area contributed by atoms with Crippen LogP contribution in [0.3, 0.4) is 0 Å². The van der Waals surface area contributed by atoms with E-state index in [9.17, 15) is 0 Å². The predicted octanol–water partition coefficient (Wildman–Crippen LogP) is 3.89. The Labute approximate surface area is 209 Å². The highest BCUT2D eigenvalue weighted by atomic mass is 16.5. The third-order valence-electron chi connectivity index (χ3n) is 6.86. The highest BCUT2D eigenvalue weighted by Gasteiger charge is 2.30. The number of benzene rings is 2. The Balaban J connectivity index is 1.51. The number of nitrogens with one attached hydrogen (secondary N) is 1. The lowest BCUT2D eigenvalue weighted by Crippen LogP contribution is -2.42. The third-order valence-corrected chi connectivity index (χ3v) is 6.86. The fourth-order valence-corrected chi connectivity index (χ4v) is 5.02. The van der Waals surface area contributed by atoms with E-state index in [1.54, 1.807) is 7.11 Å². The summed E-state index contributed by atoms with van der Waals surface area (Å²) in [6.07, 6.45) is 5.63. The molecular formula is C28H28N6O2. The molecule has 3 aromatic heterocycles. The van der Waals surface area contributed by atoms with Gasteiger partial charge in [-0.05, 0) is 40.8 Å². The van der Waals surface area contributed by atoms with Crippen LogP contribution in [0.1, 0.15) is 17.2 Å². The van der Waals surface area contributed by atoms with Crippen molar-refractivity contribution < 1.29 is 9.47 Å². The first kappa shape index (κ1) is 22.5. The molecule has 5 aromatic rings. The summed E-state index contributed by atoms with van der Waals surface area (Å²) in [6, 6.07) is 16.3. The van der Waals surface area contributed by atoms with E-state index in [0.29, 0.717) is 18.2 Å². The normalized spacial score (nSPS) is 16.9. The van der Waals surface area contributed by atoms with Crippen LogP contribution in [0, 0.1) is 0 Å². The molecular weight excluding hydrogens is 452 g/mol. The summed E-state index contributed by atoms with van der Waals surface area (Å²) >= 11 is 0. The third kappa shape index (κ3) is 4.04. The van der Waals surface area contributed by atoms with E-state index in [1.165, 1.54) is 5.39 Å². The monoisotopic (exact) mass is 480 g/mol. The molecule has 0 amide bonds. The molecule has 0 radical (unpaired) electrons. The second kappa shape index (κ2) is 9.22. The quantitative estimate of drug-likeness (QED) is 0.368. The standard InChI is InChI=1S/C28H28N6O2/c1-34-9-7-17-3-4-18(11-24(17)34)21-12-20(29)13-22-28(21)33-23(15-31-22)27(25-16-30-8-10-36-25)19-5-6-26(35-2)32-14-19/h3-7,9,11-15,25,27,30H,8,10,16,29H2,1-2H3/t25?,27-/m0/s1. The maximum Gasteiger partial charge on any atom is 0.212 e. The lowest BCUT2D eigenvalue weighted by Gasteiger charge is -2.31. The number of nitrogen functional groups attached to an aromatic ring is 1. The summed E-state index contributed by atoms with van der Waals surface area (Å²) in [5.74, 6) is 0.424. The van der Waals surface area contributed by atoms with Gasteiger partial charge in [0.2, 0.25) is 5.88 Å². The van der Waals surface area contributed by atoms with Crippen molar-refractivity contribution in [2.75, 3.05) is 32.5 Å². The van der Waals surface area contributed by atoms with Crippen molar-refractivity contribution >= 4 is 27.6 Å². The number of methoxy groups -OCH3 is 1. The summed E-state index contributed by atoms with van der Waals surface area (Å²) in [7, 11) is 3.66. The number of nitrogens with zero attached hydrogens (tertiary/aromatic N) is 4. The molecule has 8 nitrogen and oxygen atoms in total. The van der Waals surface area contributed by atoms with Crippen LogP contribution in [0.25, 0.3) is 33.1 Å². The summed E-state index contributed by atoms with van der Waals surface area (Å²) in [6.45, 7) is 2.19. The fraction of sp³-hybridized carbons (Fsp3) is 0.250. The highest BCUT2D eigenvalue weighted by Crippen LogP contribution is 2.35. The molecule has 0 aliphatic carbocycles. The average molecular weight is 481 g/mol. The molecule has 2 atom stereocenters. The lowest BCUT2D eigenvalue weighted by atomic mass is 9.90. The van der Waals surface area contributed by atoms with E-state index < -0.39 is 0 Å². The molecule has 1 unspecified atom stereocenters. The zero-order valence-electron chi connectivity index (χ0n) is 20.3. The van der Waals surface area contributed by atoms with Gasteiger partial charge in [0, 0.05) is 61.6 Å². The Morgan fingerprint density at radius 1 is 1.11 bits per heavy atom. The molecule has 6 rings (SSSR count). The first-order valence-corrected chi connectivity index (χ1v) is 12.0. The molecule has 0 saturated carbocycles. The molecule has 36 heavy (non-hydrogen) atoms. The summed E-state index contributed by atoms with van der Waals surface area (Å²) in [5, 5.41) is 4.63. The SMILES string of the molecule is COc1ccc([C@@H](c2cnc3cc(N)cc(-c4ccc5ccn(C)c5c4)c3n2)C2CNCCO2)cn1. The van der Waals surface area contributed by atoms with E-state index in [1.807, 2.05) is 43.7 Å². The van der Waals surface area contributed by atoms with Crippen LogP contribution >= 0.6 is 0 Å². The fourth-order valence-electron chi connectivity index (χ4n) is 5.02. The number of anilines is 1. The molecule has 1 fully saturated rings. The number of morpholine rings is 1. The molecule has 1 aliphatic heterocycles. The summed E-state index contributed by atoms with van der Waals surface area (Å²) in [4.78, 5) is 14.4. The van der Waals surface area contributed by atoms with Crippen LogP contribution in [-0.2, 0) is 11.8 Å². The zero-order chi connectivity index (χ0) is 24.6. The van der Waals surface area contributed by atoms with Crippen LogP contribution in [-0.4, -0.2) is 52.4 Å². The van der Waals surface area contributed by atoms with Crippen LogP contribution < -0.4 is 15.8 Å². The second-order valence-electron chi connectivity index (χ2n) is 9.16. The number of aromatic nitrogens is 4. The zero-order valence-corrected chi connectivity index (χ0v) is 20.3. The smallest absolute Gasteiger partial charge is 0.212 e. The molecule has 2 aromatic carbocycles. The highest BCUT2D eigenvalue weighted by molar-refractivity contribution is 5.97. The second-order valence-corrected chi connectivity index (χ2v) is 9.16. The predicted molar refractivity (Wildman–Crippen MR) is 141 cm³/mol. The van der Waals surface area contributed by atoms with Crippen LogP contribution in [0.15, 0.2) is 67.1 Å². The van der Waals surface area contributed by atoms with E-state index in [2.05, 4.69) is 45.3 Å². The minimum absolute atomic E-state index is 0.0994. The Morgan fingerprint density at radius 3 is 2.81 bits per heavy atom. The van der Waals surface area contributed by atoms with Crippen molar-refractivity contribution in [1.29, 1.82) is 0 Å². The molecule has 8 heteroatoms. The molecule has 0 bridgehead atoms. The van der Waals surface area contributed by atoms with Crippen molar-refractivity contribution in [3.8, 4) is 17.0 Å². The Hall–Kier alpha value is -4.01. The van der Waals surface area contributed by atoms with Crippen molar-refractivity contribution in [3.63, 3.8) is 0 Å². The summed E-state index contributed by atoms with van der Waals surface area (Å²) < 4.78 is 13.6. The van der Waals surface area contributed by atoms with E-state index >= 15 is 0 Å². The van der Waals surface area contributed by atoms with Crippen molar-refractivity contribution in [2.24, 2.45) is 7.05 Å². The Kier molecular flexibility index (Phi) is 5.75. The van der Waals surface area contributed by atoms with Gasteiger partial charge >= 0.3 is 0 Å². The number of ether oxygens (including phenoxy) is 2. The molecule has 3 N–H and O–H groups in total. The van der Waals surface area contributed by atoms with Gasteiger partial charge in [0.15, 0.2) is 0 Å². The van der Waals surface area contributed by atoms with Gasteiger partial charge in [-0.2, -0.15) is 0 Å². The number of pyridine rings is 1. The first-order chi connectivity index (χ1) is 17.6. The van der Waals surface area contributed by atoms with E-state index in [-0.39, 0.29) is 12.0 Å². The van der Waals surface area contributed by atoms with Crippen molar-refractivity contribution in [1.82, 2.24) is 24.8 Å². The lowest BCUT2D eigenvalue weighted by molar-refractivity contribution is 0.0179. The number of hydrogen-bond donors (Lipinski definition) is 2. The first-order valence-electron chi connectivity index (χ1n) is 12.0. The van der Waals surface area contributed by atoms with Gasteiger partial charge in [0.25, 0.3) is 0 Å².